The average Bonchev–Trinajstić information content (AvgIpc) is 2.62. The number of rotatable bonds is 9. The molecule has 0 amide bonds. The van der Waals surface area contributed by atoms with E-state index in [1.807, 2.05) is 12.1 Å². The van der Waals surface area contributed by atoms with Crippen LogP contribution < -0.4 is 0 Å². The van der Waals surface area contributed by atoms with Gasteiger partial charge in [0.2, 0.25) is 0 Å². The molecule has 0 spiro atoms. The summed E-state index contributed by atoms with van der Waals surface area (Å²) >= 11 is 3.46. The summed E-state index contributed by atoms with van der Waals surface area (Å²) in [6.45, 7) is 1.83. The number of hydrogen-bond donors (Lipinski definition) is 2. The molecule has 0 aliphatic carbocycles. The fourth-order valence-electron chi connectivity index (χ4n) is 2.33. The van der Waals surface area contributed by atoms with E-state index in [4.69, 9.17) is 10.2 Å². The molecule has 2 N–H and O–H groups in total. The molecule has 1 aromatic carbocycles. The molecule has 28 heavy (non-hydrogen) atoms. The van der Waals surface area contributed by atoms with Crippen molar-refractivity contribution in [2.45, 2.75) is 18.3 Å². The Labute approximate surface area is 175 Å². The Morgan fingerprint density at radius 2 is 1.39 bits per heavy atom. The molecule has 0 unspecified atom stereocenters. The lowest BCUT2D eigenvalue weighted by Gasteiger charge is -2.30. The van der Waals surface area contributed by atoms with Gasteiger partial charge in [-0.3, -0.25) is 0 Å². The summed E-state index contributed by atoms with van der Waals surface area (Å²) < 4.78 is 1.05. The molecular formula is C20H28BrN3O4. The zero-order valence-corrected chi connectivity index (χ0v) is 18.3. The van der Waals surface area contributed by atoms with Gasteiger partial charge in [-0.15, -0.1) is 0 Å². The Hall–Kier alpha value is -2.21. The molecule has 0 aliphatic heterocycles. The first-order valence-electron chi connectivity index (χ1n) is 8.63. The molecule has 8 heteroatoms. The van der Waals surface area contributed by atoms with Crippen LogP contribution in [0, 0.1) is 11.3 Å². The van der Waals surface area contributed by atoms with E-state index in [0.717, 1.165) is 36.0 Å². The summed E-state index contributed by atoms with van der Waals surface area (Å²) in [6.07, 6.45) is 2.82. The smallest absolute Gasteiger partial charge is 0.328 e. The molecule has 1 rings (SSSR count). The summed E-state index contributed by atoms with van der Waals surface area (Å²) in [6, 6.07) is 10.8. The summed E-state index contributed by atoms with van der Waals surface area (Å²) in [5.74, 6) is -2.51. The SMILES string of the molecule is CN(C)CCC(C#N)(CCN(C)C)c1ccc(Br)cc1.O=C(O)/C=C\C(=O)O. The lowest BCUT2D eigenvalue weighted by Crippen LogP contribution is -2.33. The number of aliphatic carboxylic acids is 2. The number of nitrogens with zero attached hydrogens (tertiary/aromatic N) is 3. The second kappa shape index (κ2) is 13.0. The van der Waals surface area contributed by atoms with Crippen LogP contribution in [-0.4, -0.2) is 73.2 Å². The molecule has 0 aromatic heterocycles. The minimum absolute atomic E-state index is 0.407. The van der Waals surface area contributed by atoms with Gasteiger partial charge in [0.1, 0.15) is 0 Å². The monoisotopic (exact) mass is 453 g/mol. The Bertz CT molecular complexity index is 666. The number of nitriles is 1. The van der Waals surface area contributed by atoms with E-state index in [-0.39, 0.29) is 0 Å². The van der Waals surface area contributed by atoms with Gasteiger partial charge < -0.3 is 20.0 Å². The topological polar surface area (TPSA) is 105 Å². The van der Waals surface area contributed by atoms with Crippen LogP contribution in [-0.2, 0) is 15.0 Å². The number of benzene rings is 1. The van der Waals surface area contributed by atoms with Crippen LogP contribution in [0.15, 0.2) is 40.9 Å². The highest BCUT2D eigenvalue weighted by Gasteiger charge is 2.32. The van der Waals surface area contributed by atoms with Crippen molar-refractivity contribution < 1.29 is 19.8 Å². The molecule has 0 saturated heterocycles. The Kier molecular flexibility index (Phi) is 12.0. The number of halogens is 1. The maximum atomic E-state index is 9.83. The largest absolute Gasteiger partial charge is 0.478 e. The lowest BCUT2D eigenvalue weighted by molar-refractivity contribution is -0.134. The molecule has 0 radical (unpaired) electrons. The van der Waals surface area contributed by atoms with Crippen LogP contribution in [0.5, 0.6) is 0 Å². The number of hydrogen-bond acceptors (Lipinski definition) is 5. The van der Waals surface area contributed by atoms with Gasteiger partial charge in [-0.1, -0.05) is 28.1 Å². The van der Waals surface area contributed by atoms with Crippen molar-refractivity contribution in [2.75, 3.05) is 41.3 Å². The van der Waals surface area contributed by atoms with Crippen molar-refractivity contribution in [3.8, 4) is 6.07 Å². The van der Waals surface area contributed by atoms with E-state index >= 15 is 0 Å². The van der Waals surface area contributed by atoms with E-state index in [1.165, 1.54) is 0 Å². The molecule has 0 saturated carbocycles. The summed E-state index contributed by atoms with van der Waals surface area (Å²) in [5, 5.41) is 25.5. The third kappa shape index (κ3) is 10.8. The minimum Gasteiger partial charge on any atom is -0.478 e. The van der Waals surface area contributed by atoms with Gasteiger partial charge in [0.25, 0.3) is 0 Å². The standard InChI is InChI=1S/C16H24BrN3.C4H4O4/c1-19(2)11-9-16(13-18,10-12-20(3)4)14-5-7-15(17)8-6-14;5-3(6)1-2-4(7)8/h5-8H,9-12H2,1-4H3;1-2H,(H,5,6)(H,7,8)/b;2-1-. The van der Waals surface area contributed by atoms with Crippen molar-refractivity contribution in [2.24, 2.45) is 0 Å². The molecule has 0 aliphatic rings. The zero-order chi connectivity index (χ0) is 21.7. The molecule has 7 nitrogen and oxygen atoms in total. The van der Waals surface area contributed by atoms with Crippen LogP contribution in [0.2, 0.25) is 0 Å². The van der Waals surface area contributed by atoms with Gasteiger partial charge in [0.05, 0.1) is 11.5 Å². The first-order valence-corrected chi connectivity index (χ1v) is 9.42. The Morgan fingerprint density at radius 3 is 1.68 bits per heavy atom. The summed E-state index contributed by atoms with van der Waals surface area (Å²) in [5.41, 5.74) is 0.710. The van der Waals surface area contributed by atoms with E-state index in [9.17, 15) is 14.9 Å². The first kappa shape index (κ1) is 25.8. The third-order valence-corrected chi connectivity index (χ3v) is 4.48. The number of carboxylic acid groups (broad SMARTS) is 2. The van der Waals surface area contributed by atoms with Crippen LogP contribution >= 0.6 is 15.9 Å². The van der Waals surface area contributed by atoms with Gasteiger partial charge >= 0.3 is 11.9 Å². The van der Waals surface area contributed by atoms with Crippen LogP contribution in [0.25, 0.3) is 0 Å². The maximum Gasteiger partial charge on any atom is 0.328 e. The molecular weight excluding hydrogens is 426 g/mol. The van der Waals surface area contributed by atoms with Crippen molar-refractivity contribution in [1.82, 2.24) is 9.80 Å². The molecule has 1 aromatic rings. The summed E-state index contributed by atoms with van der Waals surface area (Å²) in [7, 11) is 8.21. The van der Waals surface area contributed by atoms with Crippen molar-refractivity contribution >= 4 is 27.9 Å². The van der Waals surface area contributed by atoms with Gasteiger partial charge in [0, 0.05) is 16.6 Å². The van der Waals surface area contributed by atoms with Gasteiger partial charge in [0.15, 0.2) is 0 Å². The highest BCUT2D eigenvalue weighted by atomic mass is 79.9. The maximum absolute atomic E-state index is 9.83. The predicted octanol–water partition coefficient (Wildman–Crippen LogP) is 2.83. The molecule has 0 fully saturated rings. The molecule has 0 bridgehead atoms. The molecule has 0 heterocycles. The third-order valence-electron chi connectivity index (χ3n) is 3.95. The predicted molar refractivity (Wildman–Crippen MR) is 112 cm³/mol. The molecule has 154 valence electrons. The zero-order valence-electron chi connectivity index (χ0n) is 16.7. The van der Waals surface area contributed by atoms with Gasteiger partial charge in [-0.25, -0.2) is 9.59 Å². The van der Waals surface area contributed by atoms with E-state index in [0.29, 0.717) is 12.2 Å². The summed E-state index contributed by atoms with van der Waals surface area (Å²) in [4.78, 5) is 23.4. The second-order valence-corrected chi connectivity index (χ2v) is 7.73. The number of carboxylic acids is 2. The fourth-order valence-corrected chi connectivity index (χ4v) is 2.59. The Balaban J connectivity index is 0.000000769. The van der Waals surface area contributed by atoms with Crippen LogP contribution in [0.4, 0.5) is 0 Å². The average molecular weight is 454 g/mol. The van der Waals surface area contributed by atoms with Crippen LogP contribution in [0.1, 0.15) is 18.4 Å². The van der Waals surface area contributed by atoms with Gasteiger partial charge in [-0.2, -0.15) is 5.26 Å². The van der Waals surface area contributed by atoms with E-state index in [1.54, 1.807) is 0 Å². The molecule has 0 atom stereocenters. The van der Waals surface area contributed by atoms with Crippen molar-refractivity contribution in [3.63, 3.8) is 0 Å². The highest BCUT2D eigenvalue weighted by Crippen LogP contribution is 2.32. The van der Waals surface area contributed by atoms with Crippen molar-refractivity contribution in [3.05, 3.63) is 46.5 Å². The van der Waals surface area contributed by atoms with E-state index < -0.39 is 17.4 Å². The lowest BCUT2D eigenvalue weighted by atomic mass is 9.76. The quantitative estimate of drug-likeness (QED) is 0.553. The minimum atomic E-state index is -1.26. The van der Waals surface area contributed by atoms with Gasteiger partial charge in [-0.05, 0) is 71.8 Å². The second-order valence-electron chi connectivity index (χ2n) is 6.82. The van der Waals surface area contributed by atoms with E-state index in [2.05, 4.69) is 72.1 Å². The highest BCUT2D eigenvalue weighted by molar-refractivity contribution is 9.10. The fraction of sp³-hybridized carbons (Fsp3) is 0.450. The first-order chi connectivity index (χ1) is 13.0. The van der Waals surface area contributed by atoms with Crippen molar-refractivity contribution in [1.29, 1.82) is 5.26 Å². The number of carbonyl (C=O) groups is 2. The van der Waals surface area contributed by atoms with Crippen LogP contribution in [0.3, 0.4) is 0 Å². The Morgan fingerprint density at radius 1 is 1.00 bits per heavy atom. The normalized spacial score (nSPS) is 11.2.